The van der Waals surface area contributed by atoms with E-state index in [0.29, 0.717) is 40.5 Å². The number of hydrogen-bond donors (Lipinski definition) is 1. The van der Waals surface area contributed by atoms with Crippen molar-refractivity contribution in [1.29, 1.82) is 0 Å². The van der Waals surface area contributed by atoms with Crippen LogP contribution in [-0.4, -0.2) is 52.2 Å². The second-order valence-electron chi connectivity index (χ2n) is 8.07. The Hall–Kier alpha value is -3.85. The lowest BCUT2D eigenvalue weighted by Gasteiger charge is -2.28. The van der Waals surface area contributed by atoms with E-state index < -0.39 is 16.7 Å². The molecule has 4 rings (SSSR count). The number of aryl methyl sites for hydroxylation is 2. The largest absolute Gasteiger partial charge is 0.456 e. The van der Waals surface area contributed by atoms with Gasteiger partial charge in [0.1, 0.15) is 11.5 Å². The molecule has 0 saturated heterocycles. The molecule has 3 heterocycles. The number of amides is 2. The number of carbonyl (C=O) groups excluding carboxylic acids is 2. The van der Waals surface area contributed by atoms with Crippen molar-refractivity contribution >= 4 is 29.3 Å². The normalized spacial score (nSPS) is 17.2. The Kier molecular flexibility index (Phi) is 5.82. The van der Waals surface area contributed by atoms with Crippen LogP contribution in [0, 0.1) is 24.0 Å². The van der Waals surface area contributed by atoms with E-state index in [1.165, 1.54) is 12.1 Å². The number of benzene rings is 1. The Morgan fingerprint density at radius 2 is 1.88 bits per heavy atom. The molecule has 0 bridgehead atoms. The number of nitrogens with zero attached hydrogens (tertiary/aromatic N) is 3. The molecule has 0 spiro atoms. The first-order chi connectivity index (χ1) is 15.7. The smallest absolute Gasteiger partial charge is 0.280 e. The average molecular weight is 449 g/mol. The Bertz CT molecular complexity index is 1280. The number of imide groups is 1. The van der Waals surface area contributed by atoms with Crippen LogP contribution in [0.15, 0.2) is 50.4 Å². The number of nitro groups is 1. The second kappa shape index (κ2) is 8.59. The van der Waals surface area contributed by atoms with Crippen molar-refractivity contribution in [3.63, 3.8) is 0 Å². The first kappa shape index (κ1) is 22.3. The van der Waals surface area contributed by atoms with Crippen LogP contribution in [0.5, 0.6) is 0 Å². The third-order valence-corrected chi connectivity index (χ3v) is 5.85. The van der Waals surface area contributed by atoms with Crippen molar-refractivity contribution in [3.8, 4) is 11.3 Å². The standard InChI is InChI=1S/C24H23N3O6/c1-13-9-18(20(27(31)32)10-14(13)2)21-6-5-16(33-21)11-17-15(3)22(19-12-25-19)24(30)26(23(17)29)7-4-8-28/h5-6,9-11,28H,4,7-8,12H2,1-3H3/b17-11-. The zero-order valence-corrected chi connectivity index (χ0v) is 18.5. The number of hydrogen-bond acceptors (Lipinski definition) is 7. The van der Waals surface area contributed by atoms with Crippen LogP contribution in [0.2, 0.25) is 0 Å². The summed E-state index contributed by atoms with van der Waals surface area (Å²) < 4.78 is 5.88. The number of nitro benzene ring substituents is 1. The van der Waals surface area contributed by atoms with Crippen LogP contribution in [0.4, 0.5) is 5.69 Å². The fourth-order valence-corrected chi connectivity index (χ4v) is 3.83. The third-order valence-electron chi connectivity index (χ3n) is 5.85. The maximum Gasteiger partial charge on any atom is 0.280 e. The Labute approximate surface area is 189 Å². The first-order valence-corrected chi connectivity index (χ1v) is 10.5. The second-order valence-corrected chi connectivity index (χ2v) is 8.07. The summed E-state index contributed by atoms with van der Waals surface area (Å²) in [6.07, 6.45) is 1.81. The lowest BCUT2D eigenvalue weighted by molar-refractivity contribution is -0.384. The molecule has 1 N–H and O–H groups in total. The van der Waals surface area contributed by atoms with E-state index in [1.54, 1.807) is 32.0 Å². The van der Waals surface area contributed by atoms with E-state index >= 15 is 0 Å². The molecule has 9 nitrogen and oxygen atoms in total. The van der Waals surface area contributed by atoms with E-state index in [-0.39, 0.29) is 30.8 Å². The van der Waals surface area contributed by atoms with Crippen LogP contribution in [-0.2, 0) is 9.59 Å². The highest BCUT2D eigenvalue weighted by molar-refractivity contribution is 6.33. The quantitative estimate of drug-likeness (QED) is 0.299. The monoisotopic (exact) mass is 449 g/mol. The summed E-state index contributed by atoms with van der Waals surface area (Å²) in [6.45, 7) is 5.76. The van der Waals surface area contributed by atoms with E-state index in [9.17, 15) is 19.7 Å². The fourth-order valence-electron chi connectivity index (χ4n) is 3.83. The summed E-state index contributed by atoms with van der Waals surface area (Å²) in [5, 5.41) is 20.7. The van der Waals surface area contributed by atoms with Crippen LogP contribution < -0.4 is 0 Å². The molecule has 0 atom stereocenters. The van der Waals surface area contributed by atoms with Crippen molar-refractivity contribution in [2.75, 3.05) is 19.7 Å². The molecule has 2 aliphatic heterocycles. The van der Waals surface area contributed by atoms with Gasteiger partial charge in [0.2, 0.25) is 0 Å². The highest BCUT2D eigenvalue weighted by Crippen LogP contribution is 2.35. The Morgan fingerprint density at radius 3 is 2.52 bits per heavy atom. The maximum atomic E-state index is 13.1. The minimum absolute atomic E-state index is 0.0636. The molecule has 1 aromatic heterocycles. The highest BCUT2D eigenvalue weighted by atomic mass is 16.6. The molecule has 33 heavy (non-hydrogen) atoms. The predicted octanol–water partition coefficient (Wildman–Crippen LogP) is 3.38. The number of aliphatic imine (C=N–C) groups is 1. The summed E-state index contributed by atoms with van der Waals surface area (Å²) in [7, 11) is 0. The first-order valence-electron chi connectivity index (χ1n) is 10.5. The molecular formula is C24H23N3O6. The fraction of sp³-hybridized carbons (Fsp3) is 0.292. The van der Waals surface area contributed by atoms with Crippen molar-refractivity contribution in [2.24, 2.45) is 4.99 Å². The van der Waals surface area contributed by atoms with Gasteiger partial charge < -0.3 is 9.52 Å². The summed E-state index contributed by atoms with van der Waals surface area (Å²) in [6, 6.07) is 6.47. The number of aliphatic hydroxyl groups is 1. The van der Waals surface area contributed by atoms with Crippen molar-refractivity contribution < 1.29 is 24.0 Å². The van der Waals surface area contributed by atoms with Gasteiger partial charge in [0.15, 0.2) is 0 Å². The van der Waals surface area contributed by atoms with Gasteiger partial charge in [-0.1, -0.05) is 0 Å². The highest BCUT2D eigenvalue weighted by Gasteiger charge is 2.39. The molecule has 2 amide bonds. The van der Waals surface area contributed by atoms with Gasteiger partial charge in [0.25, 0.3) is 17.5 Å². The molecule has 170 valence electrons. The molecule has 9 heteroatoms. The maximum absolute atomic E-state index is 13.1. The van der Waals surface area contributed by atoms with Gasteiger partial charge in [0.05, 0.1) is 28.3 Å². The van der Waals surface area contributed by atoms with Crippen molar-refractivity contribution in [1.82, 2.24) is 4.90 Å². The Balaban J connectivity index is 1.76. The van der Waals surface area contributed by atoms with Gasteiger partial charge in [-0.05, 0) is 68.2 Å². The third kappa shape index (κ3) is 4.14. The number of furan rings is 1. The van der Waals surface area contributed by atoms with E-state index in [2.05, 4.69) is 4.99 Å². The lowest BCUT2D eigenvalue weighted by atomic mass is 9.92. The van der Waals surface area contributed by atoms with E-state index in [1.807, 2.05) is 6.92 Å². The minimum Gasteiger partial charge on any atom is -0.456 e. The van der Waals surface area contributed by atoms with Gasteiger partial charge in [-0.2, -0.15) is 0 Å². The molecule has 0 aliphatic carbocycles. The molecule has 2 aliphatic rings. The van der Waals surface area contributed by atoms with Crippen LogP contribution in [0.25, 0.3) is 17.4 Å². The van der Waals surface area contributed by atoms with Gasteiger partial charge in [0, 0.05) is 24.8 Å². The Morgan fingerprint density at radius 1 is 1.18 bits per heavy atom. The SMILES string of the molecule is CC1=C(C2=NC2)C(=O)N(CCCO)C(=O)/C1=C\c1ccc(-c2cc(C)c(C)cc2[N+](=O)[O-])o1. The molecular weight excluding hydrogens is 426 g/mol. The summed E-state index contributed by atoms with van der Waals surface area (Å²) >= 11 is 0. The van der Waals surface area contributed by atoms with E-state index in [0.717, 1.165) is 16.0 Å². The zero-order valence-electron chi connectivity index (χ0n) is 18.5. The molecule has 0 unspecified atom stereocenters. The number of rotatable bonds is 7. The molecule has 0 saturated carbocycles. The van der Waals surface area contributed by atoms with E-state index in [4.69, 9.17) is 9.52 Å². The summed E-state index contributed by atoms with van der Waals surface area (Å²) in [5.41, 5.74) is 3.82. The molecule has 0 radical (unpaired) electrons. The summed E-state index contributed by atoms with van der Waals surface area (Å²) in [5.74, 6) is -0.258. The molecule has 2 aromatic rings. The lowest BCUT2D eigenvalue weighted by Crippen LogP contribution is -2.44. The average Bonchev–Trinajstić information content (AvgIpc) is 3.49. The van der Waals surface area contributed by atoms with Crippen molar-refractivity contribution in [3.05, 3.63) is 68.0 Å². The van der Waals surface area contributed by atoms with Crippen LogP contribution >= 0.6 is 0 Å². The van der Waals surface area contributed by atoms with Crippen LogP contribution in [0.3, 0.4) is 0 Å². The minimum atomic E-state index is -0.480. The number of aliphatic hydroxyl groups excluding tert-OH is 1. The predicted molar refractivity (Wildman–Crippen MR) is 122 cm³/mol. The van der Waals surface area contributed by atoms with Gasteiger partial charge in [-0.15, -0.1) is 0 Å². The molecule has 0 fully saturated rings. The molecule has 1 aromatic carbocycles. The van der Waals surface area contributed by atoms with Gasteiger partial charge >= 0.3 is 0 Å². The van der Waals surface area contributed by atoms with Gasteiger partial charge in [-0.3, -0.25) is 29.6 Å². The van der Waals surface area contributed by atoms with Crippen LogP contribution in [0.1, 0.15) is 30.2 Å². The zero-order chi connectivity index (χ0) is 23.9. The number of carbonyl (C=O) groups is 2. The topological polar surface area (TPSA) is 126 Å². The van der Waals surface area contributed by atoms with Crippen molar-refractivity contribution in [2.45, 2.75) is 27.2 Å². The summed E-state index contributed by atoms with van der Waals surface area (Å²) in [4.78, 5) is 42.3. The van der Waals surface area contributed by atoms with Gasteiger partial charge in [-0.25, -0.2) is 0 Å².